The van der Waals surface area contributed by atoms with E-state index in [9.17, 15) is 0 Å². The summed E-state index contributed by atoms with van der Waals surface area (Å²) < 4.78 is 5.52. The van der Waals surface area contributed by atoms with Crippen LogP contribution >= 0.6 is 11.6 Å². The number of hydrogen-bond donors (Lipinski definition) is 0. The van der Waals surface area contributed by atoms with Crippen LogP contribution in [-0.4, -0.2) is 13.2 Å². The maximum Gasteiger partial charge on any atom is 0.0466 e. The molecule has 0 bridgehead atoms. The number of benzene rings is 1. The number of ether oxygens (including phenoxy) is 1. The van der Waals surface area contributed by atoms with Crippen LogP contribution in [0.15, 0.2) is 24.3 Å². The summed E-state index contributed by atoms with van der Waals surface area (Å²) in [6, 6.07) is 8.15. The van der Waals surface area contributed by atoms with Crippen LogP contribution in [0.1, 0.15) is 44.6 Å². The fourth-order valence-corrected chi connectivity index (χ4v) is 1.84. The number of aryl methyl sites for hydroxylation is 1. The maximum atomic E-state index is 5.84. The molecule has 0 unspecified atom stereocenters. The Morgan fingerprint density at radius 2 is 1.65 bits per heavy atom. The minimum Gasteiger partial charge on any atom is -0.381 e. The molecule has 0 radical (unpaired) electrons. The molecule has 0 amide bonds. The summed E-state index contributed by atoms with van der Waals surface area (Å²) in [4.78, 5) is 0. The predicted molar refractivity (Wildman–Crippen MR) is 74.7 cm³/mol. The van der Waals surface area contributed by atoms with Crippen LogP contribution < -0.4 is 0 Å². The van der Waals surface area contributed by atoms with Crippen molar-refractivity contribution in [3.05, 3.63) is 34.9 Å². The lowest BCUT2D eigenvalue weighted by Crippen LogP contribution is -1.96. The Balaban J connectivity index is 1.95. The fourth-order valence-electron chi connectivity index (χ4n) is 1.71. The Hall–Kier alpha value is -0.530. The Bertz CT molecular complexity index is 281. The second-order valence-electron chi connectivity index (χ2n) is 4.40. The second-order valence-corrected chi connectivity index (χ2v) is 4.84. The number of rotatable bonds is 9. The van der Waals surface area contributed by atoms with Gasteiger partial charge in [-0.05, 0) is 43.4 Å². The summed E-state index contributed by atoms with van der Waals surface area (Å²) in [5.41, 5.74) is 1.38. The van der Waals surface area contributed by atoms with Gasteiger partial charge in [-0.1, -0.05) is 43.5 Å². The zero-order valence-corrected chi connectivity index (χ0v) is 11.5. The van der Waals surface area contributed by atoms with Gasteiger partial charge < -0.3 is 4.74 Å². The van der Waals surface area contributed by atoms with Gasteiger partial charge in [-0.3, -0.25) is 0 Å². The quantitative estimate of drug-likeness (QED) is 0.572. The molecule has 0 heterocycles. The number of unbranched alkanes of at least 4 members (excludes halogenated alkanes) is 3. The molecule has 1 nitrogen and oxygen atoms in total. The van der Waals surface area contributed by atoms with E-state index in [2.05, 4.69) is 19.1 Å². The van der Waals surface area contributed by atoms with Crippen LogP contribution in [0.3, 0.4) is 0 Å². The van der Waals surface area contributed by atoms with Gasteiger partial charge in [0.2, 0.25) is 0 Å². The monoisotopic (exact) mass is 254 g/mol. The normalized spacial score (nSPS) is 10.7. The Morgan fingerprint density at radius 1 is 0.941 bits per heavy atom. The maximum absolute atomic E-state index is 5.84. The highest BCUT2D eigenvalue weighted by Crippen LogP contribution is 2.12. The Kier molecular flexibility index (Phi) is 8.12. The van der Waals surface area contributed by atoms with Crippen LogP contribution in [0.5, 0.6) is 0 Å². The topological polar surface area (TPSA) is 9.23 Å². The van der Waals surface area contributed by atoms with Gasteiger partial charge in [0, 0.05) is 18.2 Å². The molecule has 0 aromatic heterocycles. The zero-order chi connectivity index (χ0) is 12.3. The highest BCUT2D eigenvalue weighted by atomic mass is 35.5. The molecule has 1 rings (SSSR count). The highest BCUT2D eigenvalue weighted by molar-refractivity contribution is 6.30. The molecule has 96 valence electrons. The van der Waals surface area contributed by atoms with Crippen LogP contribution in [0.4, 0.5) is 0 Å². The lowest BCUT2D eigenvalue weighted by molar-refractivity contribution is 0.127. The van der Waals surface area contributed by atoms with Crippen LogP contribution in [0, 0.1) is 0 Å². The van der Waals surface area contributed by atoms with Gasteiger partial charge in [0.05, 0.1) is 0 Å². The highest BCUT2D eigenvalue weighted by Gasteiger charge is 1.94. The molecule has 0 saturated carbocycles. The third-order valence-corrected chi connectivity index (χ3v) is 3.06. The molecule has 0 saturated heterocycles. The number of hydrogen-bond acceptors (Lipinski definition) is 1. The standard InChI is InChI=1S/C15H23ClO/c1-2-3-12-17-13-6-4-5-7-14-8-10-15(16)11-9-14/h8-11H,2-7,12-13H2,1H3. The van der Waals surface area contributed by atoms with Crippen LogP contribution in [0.25, 0.3) is 0 Å². The van der Waals surface area contributed by atoms with E-state index in [0.717, 1.165) is 24.7 Å². The van der Waals surface area contributed by atoms with Crippen molar-refractivity contribution in [2.24, 2.45) is 0 Å². The lowest BCUT2D eigenvalue weighted by atomic mass is 10.1. The average Bonchev–Trinajstić information content (AvgIpc) is 2.35. The van der Waals surface area contributed by atoms with Gasteiger partial charge in [0.15, 0.2) is 0 Å². The van der Waals surface area contributed by atoms with Crippen molar-refractivity contribution < 1.29 is 4.74 Å². The third kappa shape index (κ3) is 7.40. The first kappa shape index (κ1) is 14.5. The minimum absolute atomic E-state index is 0.818. The SMILES string of the molecule is CCCCOCCCCCc1ccc(Cl)cc1. The summed E-state index contributed by atoms with van der Waals surface area (Å²) in [7, 11) is 0. The summed E-state index contributed by atoms with van der Waals surface area (Å²) in [5, 5.41) is 0.818. The fraction of sp³-hybridized carbons (Fsp3) is 0.600. The molecule has 0 atom stereocenters. The molecule has 1 aromatic carbocycles. The number of halogens is 1. The van der Waals surface area contributed by atoms with Crippen molar-refractivity contribution in [1.82, 2.24) is 0 Å². The average molecular weight is 255 g/mol. The molecular formula is C15H23ClO. The van der Waals surface area contributed by atoms with E-state index in [0.29, 0.717) is 0 Å². The van der Waals surface area contributed by atoms with Crippen molar-refractivity contribution in [2.45, 2.75) is 45.4 Å². The van der Waals surface area contributed by atoms with Gasteiger partial charge in [-0.2, -0.15) is 0 Å². The van der Waals surface area contributed by atoms with E-state index in [1.54, 1.807) is 0 Å². The molecule has 0 aliphatic rings. The largest absolute Gasteiger partial charge is 0.381 e. The van der Waals surface area contributed by atoms with Crippen molar-refractivity contribution in [1.29, 1.82) is 0 Å². The van der Waals surface area contributed by atoms with E-state index in [1.807, 2.05) is 12.1 Å². The van der Waals surface area contributed by atoms with Crippen LogP contribution in [0.2, 0.25) is 5.02 Å². The van der Waals surface area contributed by atoms with Gasteiger partial charge in [0.25, 0.3) is 0 Å². The Labute approximate surface area is 110 Å². The summed E-state index contributed by atoms with van der Waals surface area (Å²) in [6.45, 7) is 4.03. The molecule has 0 aliphatic carbocycles. The molecule has 0 aliphatic heterocycles. The van der Waals surface area contributed by atoms with Crippen LogP contribution in [-0.2, 0) is 11.2 Å². The molecular weight excluding hydrogens is 232 g/mol. The Morgan fingerprint density at radius 3 is 2.35 bits per heavy atom. The van der Waals surface area contributed by atoms with Crippen molar-refractivity contribution >= 4 is 11.6 Å². The van der Waals surface area contributed by atoms with Gasteiger partial charge >= 0.3 is 0 Å². The minimum atomic E-state index is 0.818. The van der Waals surface area contributed by atoms with Crippen molar-refractivity contribution in [3.8, 4) is 0 Å². The van der Waals surface area contributed by atoms with Crippen molar-refractivity contribution in [3.63, 3.8) is 0 Å². The van der Waals surface area contributed by atoms with E-state index in [1.165, 1.54) is 37.7 Å². The molecule has 0 N–H and O–H groups in total. The second kappa shape index (κ2) is 9.49. The van der Waals surface area contributed by atoms with E-state index < -0.39 is 0 Å². The summed E-state index contributed by atoms with van der Waals surface area (Å²) in [5.74, 6) is 0. The molecule has 17 heavy (non-hydrogen) atoms. The van der Waals surface area contributed by atoms with E-state index in [4.69, 9.17) is 16.3 Å². The first-order valence-electron chi connectivity index (χ1n) is 6.65. The smallest absolute Gasteiger partial charge is 0.0466 e. The van der Waals surface area contributed by atoms with E-state index in [-0.39, 0.29) is 0 Å². The summed E-state index contributed by atoms with van der Waals surface area (Å²) in [6.07, 6.45) is 7.21. The van der Waals surface area contributed by atoms with Gasteiger partial charge in [-0.15, -0.1) is 0 Å². The molecule has 1 aromatic rings. The molecule has 0 fully saturated rings. The molecule has 0 spiro atoms. The van der Waals surface area contributed by atoms with Gasteiger partial charge in [0.1, 0.15) is 0 Å². The first-order chi connectivity index (χ1) is 8.33. The van der Waals surface area contributed by atoms with Gasteiger partial charge in [-0.25, -0.2) is 0 Å². The van der Waals surface area contributed by atoms with E-state index >= 15 is 0 Å². The first-order valence-corrected chi connectivity index (χ1v) is 7.03. The van der Waals surface area contributed by atoms with Crippen molar-refractivity contribution in [2.75, 3.05) is 13.2 Å². The molecule has 2 heteroatoms. The predicted octanol–water partition coefficient (Wildman–Crippen LogP) is 4.87. The zero-order valence-electron chi connectivity index (χ0n) is 10.8. The lowest BCUT2D eigenvalue weighted by Gasteiger charge is -2.04. The summed E-state index contributed by atoms with van der Waals surface area (Å²) >= 11 is 5.84. The third-order valence-electron chi connectivity index (χ3n) is 2.81.